The largest absolute Gasteiger partial charge is 0.384 e. The first-order valence-corrected chi connectivity index (χ1v) is 19.7. The second kappa shape index (κ2) is 16.0. The molecular formula is C38H45N7O4S2. The van der Waals surface area contributed by atoms with Crippen molar-refractivity contribution in [3.8, 4) is 0 Å². The summed E-state index contributed by atoms with van der Waals surface area (Å²) < 4.78 is 0. The van der Waals surface area contributed by atoms with Crippen LogP contribution in [0.4, 0.5) is 11.4 Å². The van der Waals surface area contributed by atoms with Crippen LogP contribution < -0.4 is 16.2 Å². The van der Waals surface area contributed by atoms with E-state index in [0.29, 0.717) is 51.1 Å². The zero-order valence-electron chi connectivity index (χ0n) is 29.6. The number of amides is 4. The molecule has 6 rings (SSSR count). The summed E-state index contributed by atoms with van der Waals surface area (Å²) in [5.74, 6) is 6.22. The summed E-state index contributed by atoms with van der Waals surface area (Å²) >= 11 is 0. The van der Waals surface area contributed by atoms with Gasteiger partial charge in [0.1, 0.15) is 0 Å². The second-order valence-corrected chi connectivity index (χ2v) is 16.1. The minimum Gasteiger partial charge on any atom is -0.384 e. The molecule has 0 spiro atoms. The number of hydrogen-bond donors (Lipinski definition) is 2. The van der Waals surface area contributed by atoms with Crippen LogP contribution in [0.15, 0.2) is 60.7 Å². The molecule has 0 radical (unpaired) electrons. The van der Waals surface area contributed by atoms with Crippen LogP contribution >= 0.6 is 21.6 Å². The van der Waals surface area contributed by atoms with E-state index in [1.165, 1.54) is 31.4 Å². The number of carbonyl (C=O) groups is 4. The van der Waals surface area contributed by atoms with E-state index >= 15 is 0 Å². The van der Waals surface area contributed by atoms with Gasteiger partial charge in [-0.15, -0.1) is 0 Å². The van der Waals surface area contributed by atoms with Gasteiger partial charge in [0.25, 0.3) is 23.6 Å². The molecule has 0 saturated carbocycles. The molecule has 2 aliphatic heterocycles. The van der Waals surface area contributed by atoms with E-state index in [9.17, 15) is 19.2 Å². The molecule has 0 unspecified atom stereocenters. The first-order chi connectivity index (χ1) is 24.6. The zero-order valence-corrected chi connectivity index (χ0v) is 31.2. The van der Waals surface area contributed by atoms with Crippen LogP contribution in [0.5, 0.6) is 0 Å². The lowest BCUT2D eigenvalue weighted by Crippen LogP contribution is -2.42. The third-order valence-corrected chi connectivity index (χ3v) is 11.6. The van der Waals surface area contributed by atoms with Crippen LogP contribution in [0.1, 0.15) is 54.3 Å². The van der Waals surface area contributed by atoms with Crippen molar-refractivity contribution in [2.75, 3.05) is 89.3 Å². The number of hydrazine groups is 1. The van der Waals surface area contributed by atoms with Gasteiger partial charge in [-0.2, -0.15) is 0 Å². The smallest absolute Gasteiger partial charge is 0.261 e. The van der Waals surface area contributed by atoms with Gasteiger partial charge in [-0.3, -0.25) is 29.0 Å². The van der Waals surface area contributed by atoms with Gasteiger partial charge in [0.05, 0.1) is 5.69 Å². The number of carbonyl (C=O) groups excluding carboxylic acids is 4. The van der Waals surface area contributed by atoms with Gasteiger partial charge >= 0.3 is 0 Å². The Morgan fingerprint density at radius 1 is 0.608 bits per heavy atom. The molecule has 51 heavy (non-hydrogen) atoms. The molecule has 13 heteroatoms. The Balaban J connectivity index is 1.04. The van der Waals surface area contributed by atoms with Crippen LogP contribution in [0.2, 0.25) is 0 Å². The first kappa shape index (κ1) is 36.6. The first-order valence-electron chi connectivity index (χ1n) is 17.2. The molecule has 2 heterocycles. The molecule has 0 atom stereocenters. The Labute approximate surface area is 306 Å². The fourth-order valence-electron chi connectivity index (χ4n) is 6.76. The normalized spacial score (nSPS) is 14.2. The molecule has 0 bridgehead atoms. The maximum Gasteiger partial charge on any atom is 0.261 e. The molecular weight excluding hydrogens is 683 g/mol. The summed E-state index contributed by atoms with van der Waals surface area (Å²) in [4.78, 5) is 61.1. The number of nitrogens with one attached hydrogen (secondary N) is 1. The van der Waals surface area contributed by atoms with Crippen molar-refractivity contribution in [1.82, 2.24) is 19.6 Å². The highest BCUT2D eigenvalue weighted by Gasteiger charge is 2.35. The topological polar surface area (TPSA) is 123 Å². The number of rotatable bonds is 17. The van der Waals surface area contributed by atoms with E-state index in [-0.39, 0.29) is 36.7 Å². The van der Waals surface area contributed by atoms with E-state index in [0.717, 1.165) is 54.6 Å². The lowest BCUT2D eigenvalue weighted by Gasteiger charge is -2.29. The van der Waals surface area contributed by atoms with Gasteiger partial charge in [0.2, 0.25) is 0 Å². The summed E-state index contributed by atoms with van der Waals surface area (Å²) in [7, 11) is 11.1. The summed E-state index contributed by atoms with van der Waals surface area (Å²) in [6, 6.07) is 18.5. The van der Waals surface area contributed by atoms with Crippen molar-refractivity contribution in [3.05, 3.63) is 82.9 Å². The Hall–Kier alpha value is -4.14. The third kappa shape index (κ3) is 7.58. The number of hydrogen-bond acceptors (Lipinski definition) is 11. The van der Waals surface area contributed by atoms with Crippen LogP contribution in [0, 0.1) is 0 Å². The fraction of sp³-hybridized carbons (Fsp3) is 0.368. The van der Waals surface area contributed by atoms with Crippen molar-refractivity contribution < 1.29 is 19.2 Å². The van der Waals surface area contributed by atoms with Crippen molar-refractivity contribution >= 4 is 78.1 Å². The van der Waals surface area contributed by atoms with E-state index < -0.39 is 0 Å². The Morgan fingerprint density at radius 2 is 1.10 bits per heavy atom. The maximum absolute atomic E-state index is 13.6. The zero-order chi connectivity index (χ0) is 36.2. The van der Waals surface area contributed by atoms with Crippen molar-refractivity contribution in [2.24, 2.45) is 5.84 Å². The van der Waals surface area contributed by atoms with Crippen molar-refractivity contribution in [2.45, 2.75) is 12.8 Å². The van der Waals surface area contributed by atoms with Gasteiger partial charge < -0.3 is 20.1 Å². The minimum absolute atomic E-state index is 0.239. The molecule has 268 valence electrons. The number of benzene rings is 4. The highest BCUT2D eigenvalue weighted by Crippen LogP contribution is 2.37. The molecule has 4 amide bonds. The molecule has 2 aliphatic rings. The molecule has 0 aliphatic carbocycles. The lowest BCUT2D eigenvalue weighted by atomic mass is 9.93. The second-order valence-electron chi connectivity index (χ2n) is 13.4. The molecule has 4 aromatic rings. The summed E-state index contributed by atoms with van der Waals surface area (Å²) in [5, 5.41) is 8.17. The van der Waals surface area contributed by atoms with Gasteiger partial charge in [0.15, 0.2) is 0 Å². The number of imide groups is 2. The lowest BCUT2D eigenvalue weighted by molar-refractivity contribution is 0.0605. The third-order valence-electron chi connectivity index (χ3n) is 9.25. The van der Waals surface area contributed by atoms with E-state index in [2.05, 4.69) is 15.1 Å². The van der Waals surface area contributed by atoms with Crippen LogP contribution in [-0.4, -0.2) is 122 Å². The Morgan fingerprint density at radius 3 is 1.67 bits per heavy atom. The Bertz CT molecular complexity index is 1940. The van der Waals surface area contributed by atoms with Gasteiger partial charge in [-0.25, -0.2) is 5.84 Å². The quantitative estimate of drug-likeness (QED) is 0.0487. The van der Waals surface area contributed by atoms with Crippen LogP contribution in [-0.2, 0) is 0 Å². The summed E-state index contributed by atoms with van der Waals surface area (Å²) in [6.45, 7) is 3.78. The minimum atomic E-state index is -0.318. The number of anilines is 2. The highest BCUT2D eigenvalue weighted by molar-refractivity contribution is 8.76. The maximum atomic E-state index is 13.6. The van der Waals surface area contributed by atoms with E-state index in [1.807, 2.05) is 70.7 Å². The average molecular weight is 728 g/mol. The van der Waals surface area contributed by atoms with Gasteiger partial charge in [0, 0.05) is 87.2 Å². The SMILES string of the molecule is CN(C)CCCNc1ccc2c3c(cccc13)C(=O)N(CCSSCCN1C(=O)c3cccc4c(N(N)CCCN(C)C)ccc(c34)C1=O)C2=O. The predicted molar refractivity (Wildman–Crippen MR) is 210 cm³/mol. The van der Waals surface area contributed by atoms with Gasteiger partial charge in [-0.05, 0) is 90.5 Å². The molecule has 0 aromatic heterocycles. The molecule has 0 fully saturated rings. The fourth-order valence-corrected chi connectivity index (χ4v) is 8.66. The highest BCUT2D eigenvalue weighted by atomic mass is 33.1. The Kier molecular flexibility index (Phi) is 11.5. The van der Waals surface area contributed by atoms with E-state index in [1.54, 1.807) is 23.2 Å². The average Bonchev–Trinajstić information content (AvgIpc) is 3.11. The van der Waals surface area contributed by atoms with E-state index in [4.69, 9.17) is 5.84 Å². The molecule has 11 nitrogen and oxygen atoms in total. The standard InChI is InChI=1S/C38H45N7O4S2/c1-41(2)18-7-17-40-31-15-13-29-33-25(31)9-5-11-27(33)35(46)43(37(29)48)21-23-50-51-24-22-44-36(47)28-12-6-10-26-32(45(39)20-8-19-42(3)4)16-14-30(34(26)28)38(44)49/h5-6,9-16,40H,7-8,17-24,39H2,1-4H3. The summed E-state index contributed by atoms with van der Waals surface area (Å²) in [6.07, 6.45) is 1.85. The number of nitrogens with zero attached hydrogens (tertiary/aromatic N) is 5. The van der Waals surface area contributed by atoms with Gasteiger partial charge in [-0.1, -0.05) is 45.9 Å². The predicted octanol–water partition coefficient (Wildman–Crippen LogP) is 5.26. The summed E-state index contributed by atoms with van der Waals surface area (Å²) in [5.41, 5.74) is 3.75. The molecule has 3 N–H and O–H groups in total. The monoisotopic (exact) mass is 727 g/mol. The van der Waals surface area contributed by atoms with Crippen molar-refractivity contribution in [1.29, 1.82) is 0 Å². The van der Waals surface area contributed by atoms with Crippen LogP contribution in [0.25, 0.3) is 21.5 Å². The number of nitrogens with two attached hydrogens (primary N) is 1. The van der Waals surface area contributed by atoms with Crippen LogP contribution in [0.3, 0.4) is 0 Å². The van der Waals surface area contributed by atoms with Crippen molar-refractivity contribution in [3.63, 3.8) is 0 Å². The molecule has 0 saturated heterocycles. The molecule has 4 aromatic carbocycles.